The van der Waals surface area contributed by atoms with Gasteiger partial charge in [-0.25, -0.2) is 4.39 Å². The van der Waals surface area contributed by atoms with Crippen LogP contribution >= 0.6 is 23.2 Å². The van der Waals surface area contributed by atoms with Gasteiger partial charge in [0, 0.05) is 18.2 Å². The fourth-order valence-corrected chi connectivity index (χ4v) is 2.54. The van der Waals surface area contributed by atoms with Crippen LogP contribution in [0.4, 0.5) is 4.39 Å². The van der Waals surface area contributed by atoms with Crippen LogP contribution in [0.2, 0.25) is 10.0 Å². The minimum absolute atomic E-state index is 0.0129. The molecule has 0 aliphatic carbocycles. The third-order valence-corrected chi connectivity index (χ3v) is 3.63. The van der Waals surface area contributed by atoms with E-state index in [4.69, 9.17) is 28.5 Å². The summed E-state index contributed by atoms with van der Waals surface area (Å²) >= 11 is 11.9. The van der Waals surface area contributed by atoms with Crippen LogP contribution in [0.3, 0.4) is 0 Å². The molecule has 0 saturated carbocycles. The van der Waals surface area contributed by atoms with E-state index in [1.54, 1.807) is 0 Å². The molecule has 0 amide bonds. The van der Waals surface area contributed by atoms with Gasteiger partial charge in [-0.15, -0.1) is 6.58 Å². The number of hydrogen-bond donors (Lipinski definition) is 1. The van der Waals surface area contributed by atoms with Gasteiger partial charge >= 0.3 is 0 Å². The van der Waals surface area contributed by atoms with Crippen molar-refractivity contribution < 1.29 is 9.50 Å². The molecule has 0 unspecified atom stereocenters. The number of phenolic OH excluding ortho intramolecular Hbond substituents is 1. The van der Waals surface area contributed by atoms with E-state index in [-0.39, 0.29) is 44.7 Å². The number of allylic oxidation sites excluding steroid dienone is 1. The number of nitrogens with zero attached hydrogens (tertiary/aromatic N) is 3. The number of rotatable bonds is 3. The van der Waals surface area contributed by atoms with Gasteiger partial charge in [0.25, 0.3) is 0 Å². The molecule has 0 aliphatic rings. The van der Waals surface area contributed by atoms with Gasteiger partial charge in [0.1, 0.15) is 28.4 Å². The highest BCUT2D eigenvalue weighted by atomic mass is 35.5. The minimum Gasteiger partial charge on any atom is -0.506 e. The van der Waals surface area contributed by atoms with Crippen LogP contribution in [0.5, 0.6) is 5.75 Å². The van der Waals surface area contributed by atoms with Crippen LogP contribution in [0, 0.1) is 17.1 Å². The monoisotopic (exact) mass is 325 g/mol. The summed E-state index contributed by atoms with van der Waals surface area (Å²) in [5, 5.41) is 23.0. The third-order valence-electron chi connectivity index (χ3n) is 2.99. The largest absolute Gasteiger partial charge is 0.506 e. The van der Waals surface area contributed by atoms with E-state index >= 15 is 0 Å². The molecule has 0 radical (unpaired) electrons. The highest BCUT2D eigenvalue weighted by Gasteiger charge is 2.24. The number of halogens is 3. The Balaban J connectivity index is 2.84. The van der Waals surface area contributed by atoms with Crippen LogP contribution < -0.4 is 0 Å². The second-order valence-corrected chi connectivity index (χ2v) is 5.07. The normalized spacial score (nSPS) is 10.4. The van der Waals surface area contributed by atoms with Crippen LogP contribution in [-0.4, -0.2) is 14.9 Å². The lowest BCUT2D eigenvalue weighted by molar-refractivity contribution is 0.468. The van der Waals surface area contributed by atoms with E-state index in [0.29, 0.717) is 0 Å². The van der Waals surface area contributed by atoms with Gasteiger partial charge < -0.3 is 5.11 Å². The second kappa shape index (κ2) is 5.76. The van der Waals surface area contributed by atoms with Crippen LogP contribution in [0.1, 0.15) is 11.3 Å². The van der Waals surface area contributed by atoms with E-state index < -0.39 is 5.82 Å². The number of aromatic nitrogens is 2. The summed E-state index contributed by atoms with van der Waals surface area (Å²) in [6.45, 7) is 3.56. The first-order chi connectivity index (χ1) is 9.92. The lowest BCUT2D eigenvalue weighted by Gasteiger charge is -2.11. The predicted octanol–water partition coefficient (Wildman–Crippen LogP) is 3.84. The maximum Gasteiger partial charge on any atom is 0.157 e. The Morgan fingerprint density at radius 2 is 2.24 bits per heavy atom. The molecule has 21 heavy (non-hydrogen) atoms. The molecule has 1 N–H and O–H groups in total. The quantitative estimate of drug-likeness (QED) is 0.872. The van der Waals surface area contributed by atoms with Crippen molar-refractivity contribution in [3.05, 3.63) is 45.8 Å². The number of hydrogen-bond acceptors (Lipinski definition) is 3. The highest BCUT2D eigenvalue weighted by Crippen LogP contribution is 2.40. The summed E-state index contributed by atoms with van der Waals surface area (Å²) in [7, 11) is 1.52. The standard InChI is InChI=1S/C14H10Cl2FN3O/c1-3-4-7-11(9(17)5-8(15)14(7)21)13-12(16)10(6-18)20(2)19-13/h3,5,21H,1,4H2,2H3. The molecular formula is C14H10Cl2FN3O. The van der Waals surface area contributed by atoms with Crippen molar-refractivity contribution in [1.29, 1.82) is 5.26 Å². The molecule has 2 aromatic rings. The van der Waals surface area contributed by atoms with Crippen molar-refractivity contribution in [2.45, 2.75) is 6.42 Å². The predicted molar refractivity (Wildman–Crippen MR) is 78.9 cm³/mol. The Morgan fingerprint density at radius 1 is 1.57 bits per heavy atom. The fourth-order valence-electron chi connectivity index (χ4n) is 2.04. The molecule has 2 rings (SSSR count). The minimum atomic E-state index is -0.681. The molecule has 0 fully saturated rings. The van der Waals surface area contributed by atoms with Crippen molar-refractivity contribution in [2.24, 2.45) is 7.05 Å². The Bertz CT molecular complexity index is 778. The van der Waals surface area contributed by atoms with Crippen LogP contribution in [-0.2, 0) is 13.5 Å². The number of phenols is 1. The molecule has 1 aromatic heterocycles. The fraction of sp³-hybridized carbons (Fsp3) is 0.143. The average molecular weight is 326 g/mol. The molecular weight excluding hydrogens is 316 g/mol. The first-order valence-corrected chi connectivity index (χ1v) is 6.61. The van der Waals surface area contributed by atoms with Crippen molar-refractivity contribution in [3.8, 4) is 23.1 Å². The van der Waals surface area contributed by atoms with Gasteiger partial charge in [-0.1, -0.05) is 29.3 Å². The molecule has 0 bridgehead atoms. The molecule has 0 atom stereocenters. The number of nitriles is 1. The van der Waals surface area contributed by atoms with E-state index in [0.717, 1.165) is 6.07 Å². The Kier molecular flexibility index (Phi) is 4.21. The van der Waals surface area contributed by atoms with Gasteiger partial charge in [0.15, 0.2) is 5.69 Å². The van der Waals surface area contributed by atoms with Gasteiger partial charge in [0.05, 0.1) is 5.02 Å². The smallest absolute Gasteiger partial charge is 0.157 e. The average Bonchev–Trinajstić information content (AvgIpc) is 2.70. The van der Waals surface area contributed by atoms with E-state index in [2.05, 4.69) is 11.7 Å². The molecule has 0 spiro atoms. The number of aromatic hydroxyl groups is 1. The summed E-state index contributed by atoms with van der Waals surface area (Å²) < 4.78 is 15.6. The molecule has 0 saturated heterocycles. The van der Waals surface area contributed by atoms with Crippen LogP contribution in [0.25, 0.3) is 11.3 Å². The van der Waals surface area contributed by atoms with Crippen molar-refractivity contribution in [2.75, 3.05) is 0 Å². The summed E-state index contributed by atoms with van der Waals surface area (Å²) in [6, 6.07) is 2.87. The topological polar surface area (TPSA) is 61.8 Å². The van der Waals surface area contributed by atoms with E-state index in [9.17, 15) is 9.50 Å². The van der Waals surface area contributed by atoms with Gasteiger partial charge in [-0.05, 0) is 12.5 Å². The Hall–Kier alpha value is -2.03. The zero-order chi connectivity index (χ0) is 15.7. The van der Waals surface area contributed by atoms with Crippen LogP contribution in [0.15, 0.2) is 18.7 Å². The van der Waals surface area contributed by atoms with Crippen molar-refractivity contribution in [1.82, 2.24) is 9.78 Å². The van der Waals surface area contributed by atoms with E-state index in [1.165, 1.54) is 17.8 Å². The zero-order valence-corrected chi connectivity index (χ0v) is 12.5. The number of benzene rings is 1. The molecule has 1 aromatic carbocycles. The molecule has 108 valence electrons. The Labute approximate surface area is 130 Å². The molecule has 1 heterocycles. The summed E-state index contributed by atoms with van der Waals surface area (Å²) in [5.74, 6) is -0.938. The number of aryl methyl sites for hydroxylation is 1. The van der Waals surface area contributed by atoms with Crippen molar-refractivity contribution >= 4 is 23.2 Å². The maximum atomic E-state index is 14.3. The Morgan fingerprint density at radius 3 is 2.76 bits per heavy atom. The van der Waals surface area contributed by atoms with E-state index in [1.807, 2.05) is 6.07 Å². The summed E-state index contributed by atoms with van der Waals surface area (Å²) in [5.41, 5.74) is 0.417. The first kappa shape index (κ1) is 15.4. The lowest BCUT2D eigenvalue weighted by atomic mass is 9.99. The highest BCUT2D eigenvalue weighted by molar-refractivity contribution is 6.34. The first-order valence-electron chi connectivity index (χ1n) is 5.86. The molecule has 4 nitrogen and oxygen atoms in total. The molecule has 7 heteroatoms. The second-order valence-electron chi connectivity index (χ2n) is 4.28. The summed E-state index contributed by atoms with van der Waals surface area (Å²) in [6.07, 6.45) is 1.67. The van der Waals surface area contributed by atoms with Gasteiger partial charge in [-0.2, -0.15) is 10.4 Å². The maximum absolute atomic E-state index is 14.3. The lowest BCUT2D eigenvalue weighted by Crippen LogP contribution is -1.97. The SMILES string of the molecule is C=CCc1c(O)c(Cl)cc(F)c1-c1nn(C)c(C#N)c1Cl. The van der Waals surface area contributed by atoms with Gasteiger partial charge in [0.2, 0.25) is 0 Å². The molecule has 0 aliphatic heterocycles. The summed E-state index contributed by atoms with van der Waals surface area (Å²) in [4.78, 5) is 0. The van der Waals surface area contributed by atoms with Crippen molar-refractivity contribution in [3.63, 3.8) is 0 Å². The third kappa shape index (κ3) is 2.48. The van der Waals surface area contributed by atoms with Gasteiger partial charge in [-0.3, -0.25) is 4.68 Å². The zero-order valence-electron chi connectivity index (χ0n) is 11.0.